The van der Waals surface area contributed by atoms with Gasteiger partial charge in [-0.3, -0.25) is 4.90 Å². The number of hydrogen-bond donors (Lipinski definition) is 1. The van der Waals surface area contributed by atoms with Crippen LogP contribution in [0.25, 0.3) is 0 Å². The van der Waals surface area contributed by atoms with Gasteiger partial charge in [-0.1, -0.05) is 36.8 Å². The van der Waals surface area contributed by atoms with Crippen LogP contribution < -0.4 is 15.4 Å². The maximum atomic E-state index is 15.1. The molecule has 1 unspecified atom stereocenters. The van der Waals surface area contributed by atoms with Gasteiger partial charge in [0.05, 0.1) is 49.6 Å². The Kier molecular flexibility index (Phi) is 7.43. The molecular formula is C27H25F2N3O5. The molecule has 1 heterocycles. The molecular weight excluding hydrogens is 484 g/mol. The Morgan fingerprint density at radius 1 is 1.08 bits per heavy atom. The molecule has 2 aliphatic rings. The Balaban J connectivity index is 1.91. The predicted molar refractivity (Wildman–Crippen MR) is 129 cm³/mol. The monoisotopic (exact) mass is 509 g/mol. The number of allylic oxidation sites excluding steroid dienone is 1. The zero-order valence-electron chi connectivity index (χ0n) is 20.3. The second-order valence-electron chi connectivity index (χ2n) is 8.68. The third-order valence-electron chi connectivity index (χ3n) is 6.54. The molecule has 8 nitrogen and oxygen atoms in total. The maximum Gasteiger partial charge on any atom is 0.355 e. The van der Waals surface area contributed by atoms with Crippen LogP contribution in [0.15, 0.2) is 65.1 Å². The Morgan fingerprint density at radius 2 is 1.70 bits per heavy atom. The summed E-state index contributed by atoms with van der Waals surface area (Å²) in [5.41, 5.74) is 5.77. The second-order valence-corrected chi connectivity index (χ2v) is 8.68. The summed E-state index contributed by atoms with van der Waals surface area (Å²) in [4.78, 5) is 27.0. The molecule has 1 aliphatic heterocycles. The lowest BCUT2D eigenvalue weighted by molar-refractivity contribution is -0.139. The summed E-state index contributed by atoms with van der Waals surface area (Å²) in [5, 5.41) is 10.0. The first-order valence-corrected chi connectivity index (χ1v) is 11.6. The summed E-state index contributed by atoms with van der Waals surface area (Å²) < 4.78 is 45.4. The number of esters is 2. The minimum absolute atomic E-state index is 0.120. The van der Waals surface area contributed by atoms with Crippen LogP contribution >= 0.6 is 0 Å². The van der Waals surface area contributed by atoms with Gasteiger partial charge in [-0.15, -0.1) is 0 Å². The fourth-order valence-electron chi connectivity index (χ4n) is 4.46. The molecule has 1 saturated carbocycles. The number of halogens is 2. The molecule has 1 aliphatic carbocycles. The third kappa shape index (κ3) is 4.72. The van der Waals surface area contributed by atoms with E-state index in [1.807, 2.05) is 6.07 Å². The molecule has 2 aromatic carbocycles. The molecule has 0 bridgehead atoms. The van der Waals surface area contributed by atoms with Crippen LogP contribution in [0.3, 0.4) is 0 Å². The maximum absolute atomic E-state index is 15.1. The summed E-state index contributed by atoms with van der Waals surface area (Å²) in [5.74, 6) is -5.74. The Hall–Kier alpha value is -4.39. The highest BCUT2D eigenvalue weighted by molar-refractivity contribution is 6.06. The van der Waals surface area contributed by atoms with E-state index in [0.717, 1.165) is 50.5 Å². The number of carbonyl (C=O) groups excluding carboxylic acids is 2. The van der Waals surface area contributed by atoms with Crippen molar-refractivity contribution in [3.8, 4) is 11.8 Å². The van der Waals surface area contributed by atoms with Gasteiger partial charge in [0.25, 0.3) is 0 Å². The lowest BCUT2D eigenvalue weighted by Gasteiger charge is -2.36. The fraction of sp³-hybridized carbons (Fsp3) is 0.296. The SMILES string of the molecule is COC(=O)C1=C(C(=O)OC)N(c2cc(F)c(OCC3CCC3)c(F)c2)C(N)=C(C#N)C1c1ccccc1. The van der Waals surface area contributed by atoms with E-state index in [2.05, 4.69) is 0 Å². The van der Waals surface area contributed by atoms with Gasteiger partial charge >= 0.3 is 11.9 Å². The molecule has 0 saturated heterocycles. The number of anilines is 1. The number of rotatable bonds is 7. The molecule has 0 spiro atoms. The summed E-state index contributed by atoms with van der Waals surface area (Å²) in [6.45, 7) is 0.177. The molecule has 2 aromatic rings. The summed E-state index contributed by atoms with van der Waals surface area (Å²) >= 11 is 0. The van der Waals surface area contributed by atoms with Gasteiger partial charge in [0.15, 0.2) is 17.4 Å². The normalized spacial score (nSPS) is 17.7. The average Bonchev–Trinajstić information content (AvgIpc) is 2.87. The largest absolute Gasteiger partial charge is 0.487 e. The summed E-state index contributed by atoms with van der Waals surface area (Å²) in [7, 11) is 2.19. The molecule has 192 valence electrons. The van der Waals surface area contributed by atoms with Crippen LogP contribution in [0, 0.1) is 28.9 Å². The number of hydrogen-bond acceptors (Lipinski definition) is 8. The zero-order chi connectivity index (χ0) is 26.7. The summed E-state index contributed by atoms with van der Waals surface area (Å²) in [6, 6.07) is 12.2. The quantitative estimate of drug-likeness (QED) is 0.556. The number of methoxy groups -OCH3 is 2. The zero-order valence-corrected chi connectivity index (χ0v) is 20.3. The minimum atomic E-state index is -1.09. The third-order valence-corrected chi connectivity index (χ3v) is 6.54. The highest BCUT2D eigenvalue weighted by Gasteiger charge is 2.43. The Labute approximate surface area is 212 Å². The number of ether oxygens (including phenoxy) is 3. The van der Waals surface area contributed by atoms with Crippen molar-refractivity contribution in [2.24, 2.45) is 11.7 Å². The molecule has 0 aromatic heterocycles. The lowest BCUT2D eigenvalue weighted by atomic mass is 9.81. The molecule has 4 rings (SSSR count). The molecule has 2 N–H and O–H groups in total. The standard InChI is InChI=1S/C27H25F2N3O5/c1-35-26(33)22-21(16-9-4-3-5-10-16)18(13-30)25(31)32(23(22)27(34)36-2)17-11-19(28)24(20(29)12-17)37-14-15-7-6-8-15/h3-5,9-12,15,21H,6-8,14,31H2,1-2H3. The van der Waals surface area contributed by atoms with Crippen molar-refractivity contribution < 1.29 is 32.6 Å². The number of nitriles is 1. The first kappa shape index (κ1) is 25.7. The highest BCUT2D eigenvalue weighted by Crippen LogP contribution is 2.44. The first-order chi connectivity index (χ1) is 17.8. The van der Waals surface area contributed by atoms with Crippen molar-refractivity contribution in [2.75, 3.05) is 25.7 Å². The van der Waals surface area contributed by atoms with Gasteiger partial charge in [-0.2, -0.15) is 5.26 Å². The van der Waals surface area contributed by atoms with Crippen LogP contribution in [0.5, 0.6) is 5.75 Å². The van der Waals surface area contributed by atoms with Crippen molar-refractivity contribution in [2.45, 2.75) is 25.2 Å². The van der Waals surface area contributed by atoms with Crippen molar-refractivity contribution >= 4 is 17.6 Å². The van der Waals surface area contributed by atoms with Crippen molar-refractivity contribution in [3.05, 3.63) is 82.3 Å². The fourth-order valence-corrected chi connectivity index (χ4v) is 4.46. The van der Waals surface area contributed by atoms with Gasteiger partial charge in [-0.25, -0.2) is 18.4 Å². The molecule has 1 atom stereocenters. The topological polar surface area (TPSA) is 115 Å². The first-order valence-electron chi connectivity index (χ1n) is 11.6. The smallest absolute Gasteiger partial charge is 0.355 e. The molecule has 10 heteroatoms. The minimum Gasteiger partial charge on any atom is -0.487 e. The van der Waals surface area contributed by atoms with E-state index >= 15 is 8.78 Å². The second kappa shape index (κ2) is 10.7. The van der Waals surface area contributed by atoms with Gasteiger partial charge in [0.2, 0.25) is 0 Å². The molecule has 1 fully saturated rings. The van der Waals surface area contributed by atoms with Crippen LogP contribution in [0.2, 0.25) is 0 Å². The van der Waals surface area contributed by atoms with Gasteiger partial charge in [0.1, 0.15) is 11.5 Å². The van der Waals surface area contributed by atoms with Crippen LogP contribution in [-0.4, -0.2) is 32.8 Å². The molecule has 0 radical (unpaired) electrons. The van der Waals surface area contributed by atoms with Crippen LogP contribution in [0.1, 0.15) is 30.7 Å². The van der Waals surface area contributed by atoms with E-state index < -0.39 is 40.9 Å². The van der Waals surface area contributed by atoms with Gasteiger partial charge in [-0.05, 0) is 24.3 Å². The summed E-state index contributed by atoms with van der Waals surface area (Å²) in [6.07, 6.45) is 2.91. The van der Waals surface area contributed by atoms with E-state index in [0.29, 0.717) is 5.56 Å². The number of carbonyl (C=O) groups is 2. The van der Waals surface area contributed by atoms with E-state index in [-0.39, 0.29) is 35.2 Å². The number of benzene rings is 2. The van der Waals surface area contributed by atoms with Gasteiger partial charge in [0, 0.05) is 12.1 Å². The Bertz CT molecular complexity index is 1310. The van der Waals surface area contributed by atoms with Crippen molar-refractivity contribution in [1.29, 1.82) is 5.26 Å². The predicted octanol–water partition coefficient (Wildman–Crippen LogP) is 4.04. The van der Waals surface area contributed by atoms with E-state index in [1.54, 1.807) is 30.3 Å². The lowest BCUT2D eigenvalue weighted by Crippen LogP contribution is -2.40. The number of nitrogens with two attached hydrogens (primary N) is 1. The van der Waals surface area contributed by atoms with Crippen LogP contribution in [0.4, 0.5) is 14.5 Å². The van der Waals surface area contributed by atoms with Crippen molar-refractivity contribution in [3.63, 3.8) is 0 Å². The van der Waals surface area contributed by atoms with E-state index in [1.165, 1.54) is 0 Å². The van der Waals surface area contributed by atoms with Gasteiger partial charge < -0.3 is 19.9 Å². The van der Waals surface area contributed by atoms with Crippen molar-refractivity contribution in [1.82, 2.24) is 0 Å². The van der Waals surface area contributed by atoms with Crippen LogP contribution in [-0.2, 0) is 19.1 Å². The highest BCUT2D eigenvalue weighted by atomic mass is 19.1. The average molecular weight is 510 g/mol. The Morgan fingerprint density at radius 3 is 2.22 bits per heavy atom. The molecule has 0 amide bonds. The molecule has 37 heavy (non-hydrogen) atoms. The number of nitrogens with zero attached hydrogens (tertiary/aromatic N) is 2. The van der Waals surface area contributed by atoms with E-state index in [9.17, 15) is 14.9 Å². The van der Waals surface area contributed by atoms with E-state index in [4.69, 9.17) is 19.9 Å².